The van der Waals surface area contributed by atoms with Crippen molar-refractivity contribution in [1.29, 1.82) is 0 Å². The predicted molar refractivity (Wildman–Crippen MR) is 81.4 cm³/mol. The van der Waals surface area contributed by atoms with Crippen molar-refractivity contribution in [2.24, 2.45) is 23.2 Å². The van der Waals surface area contributed by atoms with Gasteiger partial charge in [-0.25, -0.2) is 4.79 Å². The zero-order valence-corrected chi connectivity index (χ0v) is 13.8. The van der Waals surface area contributed by atoms with Crippen molar-refractivity contribution < 1.29 is 19.4 Å². The van der Waals surface area contributed by atoms with Gasteiger partial charge in [-0.15, -0.1) is 0 Å². The average Bonchev–Trinajstić information content (AvgIpc) is 2.90. The number of rotatable bonds is 1. The molecule has 2 saturated carbocycles. The fourth-order valence-electron chi connectivity index (χ4n) is 5.17. The van der Waals surface area contributed by atoms with Crippen molar-refractivity contribution in [2.45, 2.75) is 58.5 Å². The zero-order valence-electron chi connectivity index (χ0n) is 13.8. The van der Waals surface area contributed by atoms with Gasteiger partial charge in [0.15, 0.2) is 0 Å². The molecule has 1 N–H and O–H groups in total. The summed E-state index contributed by atoms with van der Waals surface area (Å²) in [6.07, 6.45) is 4.69. The van der Waals surface area contributed by atoms with E-state index in [-0.39, 0.29) is 17.4 Å². The maximum atomic E-state index is 12.2. The van der Waals surface area contributed by atoms with Crippen LogP contribution < -0.4 is 0 Å². The molecule has 1 heterocycles. The molecule has 1 spiro atoms. The van der Waals surface area contributed by atoms with Crippen LogP contribution in [0.1, 0.15) is 52.9 Å². The van der Waals surface area contributed by atoms with Crippen molar-refractivity contribution in [3.8, 4) is 0 Å². The number of ether oxygens (including phenoxy) is 1. The van der Waals surface area contributed by atoms with Crippen LogP contribution in [0, 0.1) is 23.2 Å². The molecule has 1 aliphatic heterocycles. The predicted octanol–water partition coefficient (Wildman–Crippen LogP) is 3.13. The van der Waals surface area contributed by atoms with E-state index in [4.69, 9.17) is 4.74 Å². The molecule has 0 aromatic carbocycles. The Labute approximate surface area is 132 Å². The van der Waals surface area contributed by atoms with E-state index >= 15 is 0 Å². The smallest absolute Gasteiger partial charge is 0.410 e. The van der Waals surface area contributed by atoms with Crippen LogP contribution in [0.15, 0.2) is 0 Å². The minimum atomic E-state index is -0.624. The van der Waals surface area contributed by atoms with Gasteiger partial charge in [0.1, 0.15) is 5.60 Å². The standard InChI is InChI=1S/C17H27NO4/c1-16(2,3)22-15(21)18-8-6-17(7-9-18)11-4-5-13(17)12(10-11)14(19)20/h11-13H,4-10H2,1-3H3,(H,19,20)/t11-,12-,13-/m0/s1. The van der Waals surface area contributed by atoms with Gasteiger partial charge < -0.3 is 14.7 Å². The second-order valence-electron chi connectivity index (χ2n) is 8.26. The van der Waals surface area contributed by atoms with Gasteiger partial charge in [-0.1, -0.05) is 0 Å². The number of hydrogen-bond donors (Lipinski definition) is 1. The summed E-state index contributed by atoms with van der Waals surface area (Å²) in [7, 11) is 0. The normalized spacial score (nSPS) is 33.2. The number of amides is 1. The lowest BCUT2D eigenvalue weighted by Crippen LogP contribution is -2.47. The van der Waals surface area contributed by atoms with Crippen molar-refractivity contribution in [3.05, 3.63) is 0 Å². The first-order valence-electron chi connectivity index (χ1n) is 8.44. The molecule has 22 heavy (non-hydrogen) atoms. The Bertz CT molecular complexity index is 474. The number of piperidine rings is 1. The molecule has 3 fully saturated rings. The third-order valence-electron chi connectivity index (χ3n) is 6.07. The summed E-state index contributed by atoms with van der Waals surface area (Å²) in [6, 6.07) is 0. The number of hydrogen-bond acceptors (Lipinski definition) is 3. The Morgan fingerprint density at radius 2 is 1.82 bits per heavy atom. The Kier molecular flexibility index (Phi) is 3.65. The van der Waals surface area contributed by atoms with Crippen LogP contribution in [0.4, 0.5) is 4.79 Å². The topological polar surface area (TPSA) is 66.8 Å². The van der Waals surface area contributed by atoms with Crippen LogP contribution in [0.25, 0.3) is 0 Å². The summed E-state index contributed by atoms with van der Waals surface area (Å²) in [5.74, 6) is 0.0724. The third-order valence-corrected chi connectivity index (χ3v) is 6.07. The molecule has 5 heteroatoms. The summed E-state index contributed by atoms with van der Waals surface area (Å²) in [5.41, 5.74) is -0.297. The quantitative estimate of drug-likeness (QED) is 0.808. The second-order valence-corrected chi connectivity index (χ2v) is 8.26. The summed E-state index contributed by atoms with van der Waals surface area (Å²) in [5, 5.41) is 9.43. The fraction of sp³-hybridized carbons (Fsp3) is 0.882. The van der Waals surface area contributed by atoms with Crippen molar-refractivity contribution >= 4 is 12.1 Å². The number of aliphatic carboxylic acids is 1. The molecular formula is C17H27NO4. The number of nitrogens with zero attached hydrogens (tertiary/aromatic N) is 1. The molecule has 3 aliphatic rings. The van der Waals surface area contributed by atoms with Crippen molar-refractivity contribution in [2.75, 3.05) is 13.1 Å². The second kappa shape index (κ2) is 5.14. The van der Waals surface area contributed by atoms with Gasteiger partial charge in [0.25, 0.3) is 0 Å². The molecule has 2 bridgehead atoms. The lowest BCUT2D eigenvalue weighted by Gasteiger charge is -2.43. The highest BCUT2D eigenvalue weighted by Gasteiger charge is 2.61. The molecule has 5 nitrogen and oxygen atoms in total. The van der Waals surface area contributed by atoms with E-state index in [9.17, 15) is 14.7 Å². The molecule has 3 atom stereocenters. The monoisotopic (exact) mass is 309 g/mol. The van der Waals surface area contributed by atoms with Crippen LogP contribution in [-0.2, 0) is 9.53 Å². The largest absolute Gasteiger partial charge is 0.481 e. The van der Waals surface area contributed by atoms with Gasteiger partial charge in [0.05, 0.1) is 5.92 Å². The van der Waals surface area contributed by atoms with E-state index in [0.29, 0.717) is 24.9 Å². The molecule has 124 valence electrons. The summed E-state index contributed by atoms with van der Waals surface area (Å²) < 4.78 is 5.45. The van der Waals surface area contributed by atoms with Gasteiger partial charge in [-0.05, 0) is 70.1 Å². The molecule has 0 unspecified atom stereocenters. The van der Waals surface area contributed by atoms with Crippen molar-refractivity contribution in [1.82, 2.24) is 4.90 Å². The Morgan fingerprint density at radius 3 is 2.32 bits per heavy atom. The SMILES string of the molecule is CC(C)(C)OC(=O)N1CCC2(CC1)[C@H]1CC[C@H]2[C@@H](C(=O)O)C1. The average molecular weight is 309 g/mol. The first-order valence-corrected chi connectivity index (χ1v) is 8.44. The molecule has 1 saturated heterocycles. The molecular weight excluding hydrogens is 282 g/mol. The maximum absolute atomic E-state index is 12.2. The highest BCUT2D eigenvalue weighted by atomic mass is 16.6. The first-order chi connectivity index (χ1) is 10.2. The number of likely N-dealkylation sites (tertiary alicyclic amines) is 1. The van der Waals surface area contributed by atoms with Crippen LogP contribution in [0.2, 0.25) is 0 Å². The Hall–Kier alpha value is -1.26. The first kappa shape index (κ1) is 15.6. The summed E-state index contributed by atoms with van der Waals surface area (Å²) in [6.45, 7) is 7.05. The van der Waals surface area contributed by atoms with Crippen LogP contribution in [0.5, 0.6) is 0 Å². The number of carboxylic acids is 1. The summed E-state index contributed by atoms with van der Waals surface area (Å²) in [4.78, 5) is 25.4. The minimum absolute atomic E-state index is 0.160. The van der Waals surface area contributed by atoms with Crippen LogP contribution in [-0.4, -0.2) is 40.8 Å². The Morgan fingerprint density at radius 1 is 1.18 bits per heavy atom. The molecule has 0 aromatic rings. The van der Waals surface area contributed by atoms with E-state index in [1.807, 2.05) is 20.8 Å². The van der Waals surface area contributed by atoms with E-state index < -0.39 is 11.6 Å². The van der Waals surface area contributed by atoms with Crippen molar-refractivity contribution in [3.63, 3.8) is 0 Å². The highest BCUT2D eigenvalue weighted by molar-refractivity contribution is 5.71. The number of carbonyl (C=O) groups is 2. The lowest BCUT2D eigenvalue weighted by atomic mass is 9.69. The maximum Gasteiger partial charge on any atom is 0.410 e. The molecule has 3 rings (SSSR count). The molecule has 1 amide bonds. The van der Waals surface area contributed by atoms with Gasteiger partial charge >= 0.3 is 12.1 Å². The zero-order chi connectivity index (χ0) is 16.1. The van der Waals surface area contributed by atoms with Gasteiger partial charge in [-0.3, -0.25) is 4.79 Å². The molecule has 0 radical (unpaired) electrons. The molecule has 0 aromatic heterocycles. The van der Waals surface area contributed by atoms with Crippen LogP contribution >= 0.6 is 0 Å². The summed E-state index contributed by atoms with van der Waals surface area (Å²) >= 11 is 0. The Balaban J connectivity index is 1.65. The van der Waals surface area contributed by atoms with E-state index in [1.54, 1.807) is 4.90 Å². The number of carboxylic acid groups (broad SMARTS) is 1. The highest BCUT2D eigenvalue weighted by Crippen LogP contribution is 2.64. The lowest BCUT2D eigenvalue weighted by molar-refractivity contribution is -0.144. The third kappa shape index (κ3) is 2.48. The van der Waals surface area contributed by atoms with Gasteiger partial charge in [0.2, 0.25) is 0 Å². The van der Waals surface area contributed by atoms with E-state index in [0.717, 1.165) is 25.7 Å². The minimum Gasteiger partial charge on any atom is -0.481 e. The fourth-order valence-corrected chi connectivity index (χ4v) is 5.17. The van der Waals surface area contributed by atoms with Crippen LogP contribution in [0.3, 0.4) is 0 Å². The van der Waals surface area contributed by atoms with E-state index in [1.165, 1.54) is 6.42 Å². The van der Waals surface area contributed by atoms with Gasteiger partial charge in [-0.2, -0.15) is 0 Å². The number of carbonyl (C=O) groups excluding carboxylic acids is 1. The molecule has 2 aliphatic carbocycles. The van der Waals surface area contributed by atoms with Gasteiger partial charge in [0, 0.05) is 13.1 Å². The van der Waals surface area contributed by atoms with E-state index in [2.05, 4.69) is 0 Å².